The van der Waals surface area contributed by atoms with Crippen molar-refractivity contribution in [3.05, 3.63) is 60.0 Å². The summed E-state index contributed by atoms with van der Waals surface area (Å²) in [5.74, 6) is 2.32. The van der Waals surface area contributed by atoms with E-state index in [4.69, 9.17) is 9.26 Å². The van der Waals surface area contributed by atoms with Crippen LogP contribution in [0.4, 0.5) is 0 Å². The number of methoxy groups -OCH3 is 1. The largest absolute Gasteiger partial charge is 0.497 e. The molecule has 0 aliphatic rings. The first-order valence-electron chi connectivity index (χ1n) is 8.18. The minimum absolute atomic E-state index is 0.161. The summed E-state index contributed by atoms with van der Waals surface area (Å²) in [6.45, 7) is 2.23. The highest BCUT2D eigenvalue weighted by molar-refractivity contribution is 7.99. The van der Waals surface area contributed by atoms with E-state index in [9.17, 15) is 4.79 Å². The van der Waals surface area contributed by atoms with E-state index in [-0.39, 0.29) is 12.5 Å². The lowest BCUT2D eigenvalue weighted by atomic mass is 10.2. The molecule has 0 unspecified atom stereocenters. The Hall–Kier alpha value is -2.80. The molecule has 134 valence electrons. The predicted octanol–water partition coefficient (Wildman–Crippen LogP) is 3.79. The number of carbonyl (C=O) groups excluding carboxylic acids is 1. The zero-order chi connectivity index (χ0) is 18.4. The van der Waals surface area contributed by atoms with Crippen LogP contribution in [0.15, 0.2) is 57.9 Å². The first-order chi connectivity index (χ1) is 12.7. The van der Waals surface area contributed by atoms with E-state index in [2.05, 4.69) is 22.4 Å². The Morgan fingerprint density at radius 1 is 1.19 bits per heavy atom. The summed E-state index contributed by atoms with van der Waals surface area (Å²) >= 11 is 1.63. The fourth-order valence-electron chi connectivity index (χ4n) is 2.37. The fourth-order valence-corrected chi connectivity index (χ4v) is 3.17. The van der Waals surface area contributed by atoms with Crippen LogP contribution in [0.25, 0.3) is 11.4 Å². The van der Waals surface area contributed by atoms with Crippen LogP contribution in [0.5, 0.6) is 5.75 Å². The van der Waals surface area contributed by atoms with Crippen molar-refractivity contribution in [3.63, 3.8) is 0 Å². The van der Waals surface area contributed by atoms with Crippen LogP contribution >= 0.6 is 11.8 Å². The number of carbonyl (C=O) groups is 1. The number of rotatable bonds is 7. The molecule has 0 saturated carbocycles. The van der Waals surface area contributed by atoms with Crippen molar-refractivity contribution in [1.29, 1.82) is 0 Å². The lowest BCUT2D eigenvalue weighted by Gasteiger charge is -2.07. The number of hydrogen-bond acceptors (Lipinski definition) is 6. The van der Waals surface area contributed by atoms with E-state index in [0.717, 1.165) is 22.0 Å². The Morgan fingerprint density at radius 3 is 2.69 bits per heavy atom. The van der Waals surface area contributed by atoms with Gasteiger partial charge in [-0.25, -0.2) is 0 Å². The van der Waals surface area contributed by atoms with E-state index < -0.39 is 0 Å². The smallest absolute Gasteiger partial charge is 0.252 e. The van der Waals surface area contributed by atoms with E-state index in [0.29, 0.717) is 17.3 Å². The molecule has 1 N–H and O–H groups in total. The van der Waals surface area contributed by atoms with Crippen LogP contribution in [0.3, 0.4) is 0 Å². The first-order valence-corrected chi connectivity index (χ1v) is 9.17. The van der Waals surface area contributed by atoms with Crippen molar-refractivity contribution in [2.75, 3.05) is 12.9 Å². The number of benzene rings is 2. The van der Waals surface area contributed by atoms with Crippen molar-refractivity contribution in [3.8, 4) is 17.1 Å². The molecule has 0 fully saturated rings. The Kier molecular flexibility index (Phi) is 5.91. The SMILES string of the molecule is CCSc1ccccc1C(=O)NCc1nc(-c2ccc(OC)cc2)no1. The van der Waals surface area contributed by atoms with Crippen LogP contribution in [0.2, 0.25) is 0 Å². The summed E-state index contributed by atoms with van der Waals surface area (Å²) < 4.78 is 10.4. The highest BCUT2D eigenvalue weighted by atomic mass is 32.2. The lowest BCUT2D eigenvalue weighted by molar-refractivity contribution is 0.0943. The van der Waals surface area contributed by atoms with Crippen molar-refractivity contribution < 1.29 is 14.1 Å². The van der Waals surface area contributed by atoms with Gasteiger partial charge in [-0.2, -0.15) is 4.98 Å². The monoisotopic (exact) mass is 369 g/mol. The maximum atomic E-state index is 12.4. The standard InChI is InChI=1S/C19H19N3O3S/c1-3-26-16-7-5-4-6-15(16)19(23)20-12-17-21-18(22-25-17)13-8-10-14(24-2)11-9-13/h4-11H,3,12H2,1-2H3,(H,20,23). The van der Waals surface area contributed by atoms with E-state index in [1.165, 1.54) is 0 Å². The third-order valence-corrected chi connectivity index (χ3v) is 4.60. The highest BCUT2D eigenvalue weighted by Gasteiger charge is 2.13. The maximum Gasteiger partial charge on any atom is 0.252 e. The van der Waals surface area contributed by atoms with Gasteiger partial charge in [0.05, 0.1) is 19.2 Å². The second-order valence-corrected chi connectivity index (χ2v) is 6.66. The van der Waals surface area contributed by atoms with Gasteiger partial charge in [-0.15, -0.1) is 11.8 Å². The van der Waals surface area contributed by atoms with Crippen molar-refractivity contribution in [2.24, 2.45) is 0 Å². The zero-order valence-electron chi connectivity index (χ0n) is 14.6. The average Bonchev–Trinajstić information content (AvgIpc) is 3.16. The molecule has 0 bridgehead atoms. The van der Waals surface area contributed by atoms with Crippen molar-refractivity contribution in [2.45, 2.75) is 18.4 Å². The molecule has 0 aliphatic carbocycles. The van der Waals surface area contributed by atoms with E-state index in [1.54, 1.807) is 18.9 Å². The molecule has 1 heterocycles. The van der Waals surface area contributed by atoms with Gasteiger partial charge < -0.3 is 14.6 Å². The molecule has 0 radical (unpaired) electrons. The number of ether oxygens (including phenoxy) is 1. The quantitative estimate of drug-likeness (QED) is 0.639. The van der Waals surface area contributed by atoms with E-state index >= 15 is 0 Å². The molecule has 0 aliphatic heterocycles. The van der Waals surface area contributed by atoms with Gasteiger partial charge in [-0.1, -0.05) is 24.2 Å². The first kappa shape index (κ1) is 18.0. The summed E-state index contributed by atoms with van der Waals surface area (Å²) in [6.07, 6.45) is 0. The number of aromatic nitrogens is 2. The number of nitrogens with zero attached hydrogens (tertiary/aromatic N) is 2. The van der Waals surface area contributed by atoms with Gasteiger partial charge in [0.2, 0.25) is 11.7 Å². The minimum atomic E-state index is -0.161. The van der Waals surface area contributed by atoms with Crippen LogP contribution in [0, 0.1) is 0 Å². The molecule has 2 aromatic carbocycles. The molecule has 6 nitrogen and oxygen atoms in total. The number of amides is 1. The third kappa shape index (κ3) is 4.23. The fraction of sp³-hybridized carbons (Fsp3) is 0.211. The van der Waals surface area contributed by atoms with Gasteiger partial charge >= 0.3 is 0 Å². The van der Waals surface area contributed by atoms with Crippen molar-refractivity contribution >= 4 is 17.7 Å². The molecular weight excluding hydrogens is 350 g/mol. The Balaban J connectivity index is 1.65. The highest BCUT2D eigenvalue weighted by Crippen LogP contribution is 2.22. The molecule has 0 spiro atoms. The average molecular weight is 369 g/mol. The number of nitrogens with one attached hydrogen (secondary N) is 1. The molecule has 7 heteroatoms. The van der Waals surface area contributed by atoms with Gasteiger partial charge in [0.25, 0.3) is 5.91 Å². The number of hydrogen-bond donors (Lipinski definition) is 1. The second kappa shape index (κ2) is 8.53. The number of thioether (sulfide) groups is 1. The molecule has 3 rings (SSSR count). The molecule has 0 saturated heterocycles. The summed E-state index contributed by atoms with van der Waals surface area (Å²) in [5, 5.41) is 6.79. The normalized spacial score (nSPS) is 10.5. The van der Waals surface area contributed by atoms with E-state index in [1.807, 2.05) is 48.5 Å². The Bertz CT molecular complexity index is 878. The Labute approximate surface area is 156 Å². The predicted molar refractivity (Wildman–Crippen MR) is 100 cm³/mol. The van der Waals surface area contributed by atoms with Gasteiger partial charge in [0.1, 0.15) is 5.75 Å². The third-order valence-electron chi connectivity index (χ3n) is 3.65. The summed E-state index contributed by atoms with van der Waals surface area (Å²) in [4.78, 5) is 17.7. The van der Waals surface area contributed by atoms with Gasteiger partial charge in [-0.05, 0) is 42.2 Å². The summed E-state index contributed by atoms with van der Waals surface area (Å²) in [7, 11) is 1.61. The van der Waals surface area contributed by atoms with Crippen LogP contribution in [-0.2, 0) is 6.54 Å². The molecular formula is C19H19N3O3S. The summed E-state index contributed by atoms with van der Waals surface area (Å²) in [6, 6.07) is 14.9. The van der Waals surface area contributed by atoms with Crippen LogP contribution in [0.1, 0.15) is 23.2 Å². The van der Waals surface area contributed by atoms with Gasteiger partial charge in [0, 0.05) is 10.5 Å². The lowest BCUT2D eigenvalue weighted by Crippen LogP contribution is -2.23. The Morgan fingerprint density at radius 2 is 1.96 bits per heavy atom. The molecule has 1 aromatic heterocycles. The maximum absolute atomic E-state index is 12.4. The molecule has 3 aromatic rings. The molecule has 0 atom stereocenters. The molecule has 26 heavy (non-hydrogen) atoms. The second-order valence-electron chi connectivity index (χ2n) is 5.35. The molecule has 1 amide bonds. The van der Waals surface area contributed by atoms with Gasteiger partial charge in [0.15, 0.2) is 0 Å². The topological polar surface area (TPSA) is 77.2 Å². The van der Waals surface area contributed by atoms with Gasteiger partial charge in [-0.3, -0.25) is 4.79 Å². The zero-order valence-corrected chi connectivity index (χ0v) is 15.4. The minimum Gasteiger partial charge on any atom is -0.497 e. The van der Waals surface area contributed by atoms with Crippen LogP contribution < -0.4 is 10.1 Å². The summed E-state index contributed by atoms with van der Waals surface area (Å²) in [5.41, 5.74) is 1.46. The van der Waals surface area contributed by atoms with Crippen molar-refractivity contribution in [1.82, 2.24) is 15.5 Å². The van der Waals surface area contributed by atoms with Crippen LogP contribution in [-0.4, -0.2) is 28.9 Å².